The summed E-state index contributed by atoms with van der Waals surface area (Å²) in [6.45, 7) is 0. The largest absolute Gasteiger partial charge is 0.479 e. The first-order valence-corrected chi connectivity index (χ1v) is 2.65. The quantitative estimate of drug-likeness (QED) is 0.222. The number of aliphatic carboxylic acids is 1. The van der Waals surface area contributed by atoms with E-state index in [-0.39, 0.29) is 0 Å². The fourth-order valence-electron chi connectivity index (χ4n) is 0.351. The Bertz CT molecular complexity index is 159. The molecule has 0 aromatic heterocycles. The summed E-state index contributed by atoms with van der Waals surface area (Å²) in [4.78, 5) is 20.6. The topological polar surface area (TPSA) is 114 Å². The van der Waals surface area contributed by atoms with Gasteiger partial charge in [-0.05, 0) is 0 Å². The van der Waals surface area contributed by atoms with Crippen LogP contribution >= 0.6 is 0 Å². The standard InChI is InChI=1S/C4H9N3O4/c1-11-4(10)6-2(7-5)3(8)9/h2,7H,5H2,1H3,(H,6,10)(H,8,9)/t2-/m0/s1. The predicted octanol–water partition coefficient (Wildman–Crippen LogP) is -1.78. The fourth-order valence-corrected chi connectivity index (χ4v) is 0.351. The third-order valence-corrected chi connectivity index (χ3v) is 0.861. The van der Waals surface area contributed by atoms with Gasteiger partial charge in [0.15, 0.2) is 6.17 Å². The summed E-state index contributed by atoms with van der Waals surface area (Å²) in [7, 11) is 1.12. The average molecular weight is 163 g/mol. The zero-order chi connectivity index (χ0) is 8.85. The molecule has 7 nitrogen and oxygen atoms in total. The van der Waals surface area contributed by atoms with Crippen LogP contribution in [0.4, 0.5) is 4.79 Å². The molecule has 0 spiro atoms. The molecule has 7 heteroatoms. The van der Waals surface area contributed by atoms with Gasteiger partial charge in [0, 0.05) is 0 Å². The second-order valence-electron chi connectivity index (χ2n) is 1.57. The zero-order valence-electron chi connectivity index (χ0n) is 5.83. The Hall–Kier alpha value is -1.34. The van der Waals surface area contributed by atoms with E-state index < -0.39 is 18.2 Å². The highest BCUT2D eigenvalue weighted by molar-refractivity contribution is 5.79. The van der Waals surface area contributed by atoms with Crippen LogP contribution in [0.25, 0.3) is 0 Å². The highest BCUT2D eigenvalue weighted by atomic mass is 16.5. The summed E-state index contributed by atoms with van der Waals surface area (Å²) >= 11 is 0. The van der Waals surface area contributed by atoms with Crippen molar-refractivity contribution in [1.82, 2.24) is 10.7 Å². The van der Waals surface area contributed by atoms with E-state index >= 15 is 0 Å². The molecule has 1 amide bonds. The van der Waals surface area contributed by atoms with Crippen molar-refractivity contribution in [1.29, 1.82) is 0 Å². The molecular formula is C4H9N3O4. The van der Waals surface area contributed by atoms with Crippen molar-refractivity contribution >= 4 is 12.1 Å². The number of carbonyl (C=O) groups is 2. The van der Waals surface area contributed by atoms with Crippen LogP contribution < -0.4 is 16.6 Å². The van der Waals surface area contributed by atoms with E-state index in [0.717, 1.165) is 7.11 Å². The lowest BCUT2D eigenvalue weighted by atomic mass is 10.5. The van der Waals surface area contributed by atoms with Gasteiger partial charge in [-0.2, -0.15) is 0 Å². The van der Waals surface area contributed by atoms with E-state index in [4.69, 9.17) is 10.9 Å². The number of ether oxygens (including phenoxy) is 1. The van der Waals surface area contributed by atoms with Gasteiger partial charge in [-0.3, -0.25) is 11.2 Å². The van der Waals surface area contributed by atoms with Gasteiger partial charge in [-0.25, -0.2) is 15.0 Å². The number of hydrogen-bond acceptors (Lipinski definition) is 5. The van der Waals surface area contributed by atoms with Gasteiger partial charge >= 0.3 is 12.1 Å². The number of carbonyl (C=O) groups excluding carboxylic acids is 1. The lowest BCUT2D eigenvalue weighted by molar-refractivity contribution is -0.140. The molecular weight excluding hydrogens is 154 g/mol. The second kappa shape index (κ2) is 4.47. The van der Waals surface area contributed by atoms with E-state index in [2.05, 4.69) is 4.74 Å². The molecule has 0 aliphatic rings. The Kier molecular flexibility index (Phi) is 3.93. The molecule has 0 unspecified atom stereocenters. The smallest absolute Gasteiger partial charge is 0.408 e. The van der Waals surface area contributed by atoms with Crippen LogP contribution in [0.3, 0.4) is 0 Å². The molecule has 0 aromatic rings. The van der Waals surface area contributed by atoms with E-state index in [0.29, 0.717) is 0 Å². The maximum absolute atomic E-state index is 10.4. The SMILES string of the molecule is COC(=O)N[C@@H](NN)C(=O)O. The fraction of sp³-hybridized carbons (Fsp3) is 0.500. The van der Waals surface area contributed by atoms with E-state index in [1.165, 1.54) is 0 Å². The van der Waals surface area contributed by atoms with E-state index in [1.54, 1.807) is 0 Å². The lowest BCUT2D eigenvalue weighted by Crippen LogP contribution is -2.53. The number of hydrazine groups is 1. The number of carboxylic acids is 1. The summed E-state index contributed by atoms with van der Waals surface area (Å²) in [6.07, 6.45) is -2.20. The van der Waals surface area contributed by atoms with E-state index in [1.807, 2.05) is 10.7 Å². The minimum Gasteiger partial charge on any atom is -0.479 e. The molecule has 5 N–H and O–H groups in total. The van der Waals surface area contributed by atoms with Crippen LogP contribution in [0.5, 0.6) is 0 Å². The van der Waals surface area contributed by atoms with Crippen molar-refractivity contribution in [3.8, 4) is 0 Å². The highest BCUT2D eigenvalue weighted by Gasteiger charge is 2.17. The van der Waals surface area contributed by atoms with Gasteiger partial charge in [0.1, 0.15) is 0 Å². The van der Waals surface area contributed by atoms with Crippen LogP contribution in [0.15, 0.2) is 0 Å². The first-order valence-electron chi connectivity index (χ1n) is 2.65. The molecule has 0 heterocycles. The van der Waals surface area contributed by atoms with Crippen LogP contribution in [0, 0.1) is 0 Å². The minimum absolute atomic E-state index is 0.865. The molecule has 11 heavy (non-hydrogen) atoms. The van der Waals surface area contributed by atoms with Crippen molar-refractivity contribution in [3.63, 3.8) is 0 Å². The minimum atomic E-state index is -1.33. The summed E-state index contributed by atoms with van der Waals surface area (Å²) < 4.78 is 4.12. The average Bonchev–Trinajstić information content (AvgIpc) is 1.99. The van der Waals surface area contributed by atoms with Gasteiger partial charge < -0.3 is 9.84 Å². The van der Waals surface area contributed by atoms with Crippen molar-refractivity contribution in [2.75, 3.05) is 7.11 Å². The Morgan fingerprint density at radius 2 is 2.18 bits per heavy atom. The molecule has 64 valence electrons. The first-order chi connectivity index (χ1) is 5.11. The van der Waals surface area contributed by atoms with Gasteiger partial charge in [0.2, 0.25) is 0 Å². The Balaban J connectivity index is 3.88. The monoisotopic (exact) mass is 163 g/mol. The number of hydrogen-bond donors (Lipinski definition) is 4. The Morgan fingerprint density at radius 3 is 2.45 bits per heavy atom. The molecule has 0 rings (SSSR count). The maximum Gasteiger partial charge on any atom is 0.408 e. The number of nitrogens with one attached hydrogen (secondary N) is 2. The number of methoxy groups -OCH3 is 1. The summed E-state index contributed by atoms with van der Waals surface area (Å²) in [5, 5.41) is 10.2. The molecule has 0 aliphatic carbocycles. The Labute approximate surface area is 62.5 Å². The second-order valence-corrected chi connectivity index (χ2v) is 1.57. The normalized spacial score (nSPS) is 11.8. The predicted molar refractivity (Wildman–Crippen MR) is 34.3 cm³/mol. The summed E-state index contributed by atoms with van der Waals surface area (Å²) in [6, 6.07) is 0. The summed E-state index contributed by atoms with van der Waals surface area (Å²) in [5.41, 5.74) is 1.86. The molecule has 0 aliphatic heterocycles. The zero-order valence-corrected chi connectivity index (χ0v) is 5.83. The maximum atomic E-state index is 10.4. The van der Waals surface area contributed by atoms with Gasteiger partial charge in [0.25, 0.3) is 0 Å². The molecule has 0 saturated heterocycles. The lowest BCUT2D eigenvalue weighted by Gasteiger charge is -2.10. The number of amides is 1. The van der Waals surface area contributed by atoms with Gasteiger partial charge in [-0.1, -0.05) is 0 Å². The third kappa shape index (κ3) is 3.38. The number of carboxylic acid groups (broad SMARTS) is 1. The third-order valence-electron chi connectivity index (χ3n) is 0.861. The van der Waals surface area contributed by atoms with E-state index in [9.17, 15) is 9.59 Å². The molecule has 0 radical (unpaired) electrons. The number of rotatable bonds is 3. The summed E-state index contributed by atoms with van der Waals surface area (Å²) in [5.74, 6) is 3.48. The molecule has 0 saturated carbocycles. The molecule has 1 atom stereocenters. The molecule has 0 fully saturated rings. The van der Waals surface area contributed by atoms with Crippen molar-refractivity contribution in [2.24, 2.45) is 5.84 Å². The van der Waals surface area contributed by atoms with Gasteiger partial charge in [-0.15, -0.1) is 0 Å². The van der Waals surface area contributed by atoms with Crippen molar-refractivity contribution in [3.05, 3.63) is 0 Å². The van der Waals surface area contributed by atoms with Crippen LogP contribution in [-0.2, 0) is 9.53 Å². The van der Waals surface area contributed by atoms with Gasteiger partial charge in [0.05, 0.1) is 7.11 Å². The first kappa shape index (κ1) is 9.66. The molecule has 0 bridgehead atoms. The number of nitrogens with two attached hydrogens (primary N) is 1. The Morgan fingerprint density at radius 1 is 1.64 bits per heavy atom. The van der Waals surface area contributed by atoms with Crippen molar-refractivity contribution < 1.29 is 19.4 Å². The number of alkyl carbamates (subject to hydrolysis) is 1. The van der Waals surface area contributed by atoms with Crippen molar-refractivity contribution in [2.45, 2.75) is 6.17 Å². The van der Waals surface area contributed by atoms with Crippen LogP contribution in [-0.4, -0.2) is 30.4 Å². The van der Waals surface area contributed by atoms with Crippen LogP contribution in [0.1, 0.15) is 0 Å². The molecule has 0 aromatic carbocycles. The van der Waals surface area contributed by atoms with Crippen LogP contribution in [0.2, 0.25) is 0 Å². The highest BCUT2D eigenvalue weighted by Crippen LogP contribution is 1.77.